The third-order valence-corrected chi connectivity index (χ3v) is 10.5. The average molecular weight is 720 g/mol. The van der Waals surface area contributed by atoms with Gasteiger partial charge in [0.15, 0.2) is 0 Å². The van der Waals surface area contributed by atoms with Crippen molar-refractivity contribution >= 4 is 34.2 Å². The molecule has 0 radical (unpaired) electrons. The second-order valence-electron chi connectivity index (χ2n) is 14.1. The van der Waals surface area contributed by atoms with E-state index >= 15 is 0 Å². The monoisotopic (exact) mass is 719 g/mol. The van der Waals surface area contributed by atoms with Gasteiger partial charge in [-0.3, -0.25) is 20.1 Å². The number of pyridine rings is 1. The van der Waals surface area contributed by atoms with Gasteiger partial charge in [-0.05, 0) is 85.0 Å². The molecule has 6 aromatic rings. The number of rotatable bonds is 14. The SMILES string of the molecule is Cc1ccccc1N1CCN(CCCn2c(CCc3ccc(C(=N)N)cc3)nc3cc(C(=O)N(Cc4ccc(CN)cc4)c4cccnc4)ccc32)CC1. The Bertz CT molecular complexity index is 2190. The van der Waals surface area contributed by atoms with Crippen LogP contribution in [0, 0.1) is 12.3 Å². The van der Waals surface area contributed by atoms with Crippen LogP contribution in [0.15, 0.2) is 116 Å². The molecule has 1 aliphatic heterocycles. The van der Waals surface area contributed by atoms with Crippen molar-refractivity contribution in [1.82, 2.24) is 19.4 Å². The van der Waals surface area contributed by atoms with Gasteiger partial charge in [-0.1, -0.05) is 66.7 Å². The maximum Gasteiger partial charge on any atom is 0.258 e. The number of para-hydroxylation sites is 1. The fourth-order valence-corrected chi connectivity index (χ4v) is 7.36. The number of anilines is 2. The fraction of sp³-hybridized carbons (Fsp3) is 0.273. The van der Waals surface area contributed by atoms with Crippen LogP contribution in [0.2, 0.25) is 0 Å². The molecule has 5 N–H and O–H groups in total. The van der Waals surface area contributed by atoms with E-state index < -0.39 is 0 Å². The quantitative estimate of drug-likeness (QED) is 0.0886. The van der Waals surface area contributed by atoms with Crippen molar-refractivity contribution in [1.29, 1.82) is 5.41 Å². The summed E-state index contributed by atoms with van der Waals surface area (Å²) in [6.07, 6.45) is 5.97. The number of amides is 1. The minimum Gasteiger partial charge on any atom is -0.384 e. The van der Waals surface area contributed by atoms with Gasteiger partial charge in [0.05, 0.1) is 29.5 Å². The number of fused-ring (bicyclic) bond motifs is 1. The van der Waals surface area contributed by atoms with E-state index in [1.165, 1.54) is 11.3 Å². The summed E-state index contributed by atoms with van der Waals surface area (Å²) in [7, 11) is 0. The van der Waals surface area contributed by atoms with Crippen molar-refractivity contribution in [3.05, 3.63) is 155 Å². The first kappa shape index (κ1) is 36.5. The Morgan fingerprint density at radius 1 is 0.815 bits per heavy atom. The highest BCUT2D eigenvalue weighted by atomic mass is 16.2. The number of imidazole rings is 1. The molecular formula is C44H49N9O. The van der Waals surface area contributed by atoms with Gasteiger partial charge in [0, 0.05) is 68.7 Å². The van der Waals surface area contributed by atoms with E-state index in [-0.39, 0.29) is 11.7 Å². The standard InChI is InChI=1S/C44H49N9O/c1-32-6-2-3-8-40(32)51-26-24-50(25-27-51)22-5-23-52-41-19-18-37(28-39(41)49-42(52)20-15-33-13-16-36(17-14-33)43(46)47)44(54)53(38-7-4-21-48-30-38)31-35-11-9-34(29-45)10-12-35/h2-4,6-14,16-19,21,28,30H,5,15,20,22-27,29,31,45H2,1H3,(H3,46,47). The Hall–Kier alpha value is -5.84. The summed E-state index contributed by atoms with van der Waals surface area (Å²) in [5, 5.41) is 7.75. The number of hydrogen-bond acceptors (Lipinski definition) is 7. The van der Waals surface area contributed by atoms with Crippen molar-refractivity contribution in [2.24, 2.45) is 11.5 Å². The molecule has 0 unspecified atom stereocenters. The molecule has 2 aromatic heterocycles. The predicted molar refractivity (Wildman–Crippen MR) is 218 cm³/mol. The van der Waals surface area contributed by atoms with Crippen LogP contribution >= 0.6 is 0 Å². The second-order valence-corrected chi connectivity index (χ2v) is 14.1. The molecule has 10 nitrogen and oxygen atoms in total. The summed E-state index contributed by atoms with van der Waals surface area (Å²) in [4.78, 5) is 30.6. The van der Waals surface area contributed by atoms with Crippen LogP contribution in [0.3, 0.4) is 0 Å². The number of piperazine rings is 1. The number of benzene rings is 4. The molecule has 0 aliphatic carbocycles. The number of nitrogens with zero attached hydrogens (tertiary/aromatic N) is 6. The molecule has 0 saturated carbocycles. The number of hydrogen-bond donors (Lipinski definition) is 3. The van der Waals surface area contributed by atoms with Crippen LogP contribution < -0.4 is 21.3 Å². The van der Waals surface area contributed by atoms with E-state index in [1.807, 2.05) is 72.8 Å². The lowest BCUT2D eigenvalue weighted by Gasteiger charge is -2.36. The van der Waals surface area contributed by atoms with E-state index in [4.69, 9.17) is 21.9 Å². The summed E-state index contributed by atoms with van der Waals surface area (Å²) in [5.74, 6) is 0.954. The summed E-state index contributed by atoms with van der Waals surface area (Å²) < 4.78 is 2.34. The van der Waals surface area contributed by atoms with Gasteiger partial charge in [0.2, 0.25) is 0 Å². The number of nitrogens with one attached hydrogen (secondary N) is 1. The van der Waals surface area contributed by atoms with Crippen molar-refractivity contribution in [2.45, 2.75) is 45.8 Å². The summed E-state index contributed by atoms with van der Waals surface area (Å²) in [6, 6.07) is 34.3. The highest BCUT2D eigenvalue weighted by molar-refractivity contribution is 6.07. The van der Waals surface area contributed by atoms with Crippen molar-refractivity contribution in [3.8, 4) is 0 Å². The molecule has 54 heavy (non-hydrogen) atoms. The lowest BCUT2D eigenvalue weighted by molar-refractivity contribution is 0.0985. The van der Waals surface area contributed by atoms with E-state index in [0.29, 0.717) is 18.7 Å². The number of carbonyl (C=O) groups is 1. The summed E-state index contributed by atoms with van der Waals surface area (Å²) in [5.41, 5.74) is 21.3. The lowest BCUT2D eigenvalue weighted by Crippen LogP contribution is -2.47. The number of nitrogen functional groups attached to an aromatic ring is 1. The maximum absolute atomic E-state index is 14.3. The van der Waals surface area contributed by atoms with Crippen molar-refractivity contribution in [3.63, 3.8) is 0 Å². The minimum atomic E-state index is -0.112. The number of aromatic nitrogens is 3. The van der Waals surface area contributed by atoms with Gasteiger partial charge in [0.1, 0.15) is 11.7 Å². The van der Waals surface area contributed by atoms with Gasteiger partial charge in [-0.2, -0.15) is 0 Å². The number of amidine groups is 1. The molecule has 0 bridgehead atoms. The van der Waals surface area contributed by atoms with Gasteiger partial charge in [0.25, 0.3) is 5.91 Å². The molecule has 1 amide bonds. The molecule has 1 fully saturated rings. The van der Waals surface area contributed by atoms with Gasteiger partial charge >= 0.3 is 0 Å². The summed E-state index contributed by atoms with van der Waals surface area (Å²) >= 11 is 0. The second kappa shape index (κ2) is 16.9. The molecular weight excluding hydrogens is 671 g/mol. The van der Waals surface area contributed by atoms with E-state index in [1.54, 1.807) is 17.3 Å². The lowest BCUT2D eigenvalue weighted by atomic mass is 10.1. The number of carbonyl (C=O) groups excluding carboxylic acids is 1. The largest absolute Gasteiger partial charge is 0.384 e. The third kappa shape index (κ3) is 8.51. The highest BCUT2D eigenvalue weighted by Gasteiger charge is 2.22. The number of nitrogens with two attached hydrogens (primary N) is 2. The van der Waals surface area contributed by atoms with E-state index in [2.05, 4.69) is 56.6 Å². The molecule has 7 rings (SSSR count). The van der Waals surface area contributed by atoms with Crippen LogP contribution in [0.5, 0.6) is 0 Å². The molecule has 4 aromatic carbocycles. The highest BCUT2D eigenvalue weighted by Crippen LogP contribution is 2.25. The van der Waals surface area contributed by atoms with Crippen molar-refractivity contribution in [2.75, 3.05) is 42.5 Å². The molecule has 1 aliphatic rings. The smallest absolute Gasteiger partial charge is 0.258 e. The van der Waals surface area contributed by atoms with Crippen LogP contribution in [-0.2, 0) is 32.5 Å². The first-order chi connectivity index (χ1) is 26.4. The van der Waals surface area contributed by atoms with E-state index in [0.717, 1.165) is 103 Å². The van der Waals surface area contributed by atoms with Crippen LogP contribution in [-0.4, -0.2) is 63.9 Å². The van der Waals surface area contributed by atoms with Crippen LogP contribution in [0.25, 0.3) is 11.0 Å². The summed E-state index contributed by atoms with van der Waals surface area (Å²) in [6.45, 7) is 9.03. The zero-order valence-corrected chi connectivity index (χ0v) is 31.0. The van der Waals surface area contributed by atoms with Crippen LogP contribution in [0.1, 0.15) is 50.4 Å². The molecule has 276 valence electrons. The van der Waals surface area contributed by atoms with Crippen molar-refractivity contribution < 1.29 is 4.79 Å². The zero-order valence-electron chi connectivity index (χ0n) is 31.0. The minimum absolute atomic E-state index is 0.0666. The average Bonchev–Trinajstić information content (AvgIpc) is 3.56. The predicted octanol–water partition coefficient (Wildman–Crippen LogP) is 6.33. The van der Waals surface area contributed by atoms with Gasteiger partial charge in [-0.15, -0.1) is 0 Å². The molecule has 0 spiro atoms. The Kier molecular flexibility index (Phi) is 11.4. The molecule has 10 heteroatoms. The third-order valence-electron chi connectivity index (χ3n) is 10.5. The van der Waals surface area contributed by atoms with E-state index in [9.17, 15) is 4.79 Å². The Balaban J connectivity index is 1.11. The maximum atomic E-state index is 14.3. The molecule has 0 atom stereocenters. The Morgan fingerprint density at radius 3 is 2.24 bits per heavy atom. The Morgan fingerprint density at radius 2 is 1.54 bits per heavy atom. The van der Waals surface area contributed by atoms with Crippen LogP contribution in [0.4, 0.5) is 11.4 Å². The fourth-order valence-electron chi connectivity index (χ4n) is 7.36. The van der Waals surface area contributed by atoms with Gasteiger partial charge < -0.3 is 25.8 Å². The molecule has 1 saturated heterocycles. The first-order valence-electron chi connectivity index (χ1n) is 18.8. The number of aryl methyl sites for hydroxylation is 4. The Labute approximate surface area is 317 Å². The topological polar surface area (TPSA) is 133 Å². The molecule has 3 heterocycles. The van der Waals surface area contributed by atoms with Gasteiger partial charge in [-0.25, -0.2) is 4.98 Å². The normalized spacial score (nSPS) is 13.3. The zero-order chi connectivity index (χ0) is 37.4. The first-order valence-corrected chi connectivity index (χ1v) is 18.8.